The van der Waals surface area contributed by atoms with Crippen molar-refractivity contribution in [3.05, 3.63) is 35.9 Å². The van der Waals surface area contributed by atoms with Crippen molar-refractivity contribution in [2.45, 2.75) is 33.6 Å². The minimum absolute atomic E-state index is 0.142. The highest BCUT2D eigenvalue weighted by Gasteiger charge is 2.61. The van der Waals surface area contributed by atoms with Crippen LogP contribution in [0.3, 0.4) is 0 Å². The lowest BCUT2D eigenvalue weighted by Crippen LogP contribution is -2.12. The summed E-state index contributed by atoms with van der Waals surface area (Å²) in [6, 6.07) is 10.4. The first-order valence-electron chi connectivity index (χ1n) is 6.05. The van der Waals surface area contributed by atoms with Crippen molar-refractivity contribution in [3.63, 3.8) is 0 Å². The van der Waals surface area contributed by atoms with E-state index in [9.17, 15) is 4.79 Å². The van der Waals surface area contributed by atoms with Gasteiger partial charge in [-0.25, -0.2) is 0 Å². The lowest BCUT2D eigenvalue weighted by atomic mass is 9.99. The molecule has 1 aliphatic rings. The Bertz CT molecular complexity index is 389. The molecule has 1 nitrogen and oxygen atoms in total. The van der Waals surface area contributed by atoms with Crippen LogP contribution in [0, 0.1) is 17.3 Å². The molecule has 1 fully saturated rings. The van der Waals surface area contributed by atoms with E-state index in [1.54, 1.807) is 0 Å². The number of carbonyl (C=O) groups is 1. The van der Waals surface area contributed by atoms with E-state index in [1.807, 2.05) is 19.9 Å². The Hall–Kier alpha value is -1.11. The maximum atomic E-state index is 12.1. The van der Waals surface area contributed by atoms with E-state index < -0.39 is 0 Å². The summed E-state index contributed by atoms with van der Waals surface area (Å²) in [6.45, 7) is 8.41. The van der Waals surface area contributed by atoms with Crippen LogP contribution in [-0.2, 0) is 4.79 Å². The molecule has 0 aromatic heterocycles. The molecule has 0 heterocycles. The molecule has 1 saturated carbocycles. The van der Waals surface area contributed by atoms with Gasteiger partial charge in [0.15, 0.2) is 0 Å². The highest BCUT2D eigenvalue weighted by atomic mass is 16.1. The fourth-order valence-corrected chi connectivity index (χ4v) is 2.81. The highest BCUT2D eigenvalue weighted by molar-refractivity contribution is 5.88. The normalized spacial score (nSPS) is 26.8. The van der Waals surface area contributed by atoms with Crippen LogP contribution in [0.1, 0.15) is 39.2 Å². The van der Waals surface area contributed by atoms with Gasteiger partial charge in [-0.05, 0) is 16.9 Å². The van der Waals surface area contributed by atoms with E-state index in [1.165, 1.54) is 5.56 Å². The zero-order chi connectivity index (χ0) is 11.9. The number of Topliss-reactive ketones (excluding diaryl/α,β-unsaturated/α-hetero) is 1. The van der Waals surface area contributed by atoms with Gasteiger partial charge in [0.25, 0.3) is 0 Å². The first-order chi connectivity index (χ1) is 7.46. The predicted octanol–water partition coefficient (Wildman–Crippen LogP) is 3.65. The highest BCUT2D eigenvalue weighted by Crippen LogP contribution is 2.65. The van der Waals surface area contributed by atoms with Crippen molar-refractivity contribution in [1.82, 2.24) is 0 Å². The minimum Gasteiger partial charge on any atom is -0.299 e. The smallest absolute Gasteiger partial charge is 0.139 e. The molecule has 16 heavy (non-hydrogen) atoms. The fourth-order valence-electron chi connectivity index (χ4n) is 2.81. The summed E-state index contributed by atoms with van der Waals surface area (Å²) in [6.07, 6.45) is 0. The Labute approximate surface area is 97.9 Å². The number of hydrogen-bond acceptors (Lipinski definition) is 1. The Morgan fingerprint density at radius 1 is 1.19 bits per heavy atom. The maximum absolute atomic E-state index is 12.1. The van der Waals surface area contributed by atoms with Crippen molar-refractivity contribution in [2.24, 2.45) is 17.3 Å². The van der Waals surface area contributed by atoms with Crippen molar-refractivity contribution < 1.29 is 4.79 Å². The molecule has 0 amide bonds. The second kappa shape index (κ2) is 3.73. The number of ketones is 1. The molecule has 0 N–H and O–H groups in total. The van der Waals surface area contributed by atoms with Crippen LogP contribution in [0.2, 0.25) is 0 Å². The van der Waals surface area contributed by atoms with Crippen LogP contribution in [0.5, 0.6) is 0 Å². The molecule has 0 unspecified atom stereocenters. The van der Waals surface area contributed by atoms with Gasteiger partial charge in [-0.15, -0.1) is 0 Å². The van der Waals surface area contributed by atoms with Crippen molar-refractivity contribution in [2.75, 3.05) is 0 Å². The number of rotatable bonds is 3. The summed E-state index contributed by atoms with van der Waals surface area (Å²) in [5, 5.41) is 0. The second-order valence-corrected chi connectivity index (χ2v) is 5.74. The Balaban J connectivity index is 2.23. The van der Waals surface area contributed by atoms with E-state index >= 15 is 0 Å². The molecule has 2 atom stereocenters. The van der Waals surface area contributed by atoms with Gasteiger partial charge >= 0.3 is 0 Å². The zero-order valence-corrected chi connectivity index (χ0v) is 10.5. The number of hydrogen-bond donors (Lipinski definition) is 0. The first-order valence-corrected chi connectivity index (χ1v) is 6.05. The van der Waals surface area contributed by atoms with Gasteiger partial charge in [0.2, 0.25) is 0 Å². The molecule has 0 saturated heterocycles. The molecule has 1 aromatic rings. The van der Waals surface area contributed by atoms with Gasteiger partial charge in [-0.1, -0.05) is 58.0 Å². The largest absolute Gasteiger partial charge is 0.299 e. The monoisotopic (exact) mass is 216 g/mol. The molecular weight excluding hydrogens is 196 g/mol. The average Bonchev–Trinajstić information content (AvgIpc) is 2.81. The van der Waals surface area contributed by atoms with Gasteiger partial charge in [0.05, 0.1) is 0 Å². The molecule has 2 rings (SSSR count). The zero-order valence-electron chi connectivity index (χ0n) is 10.5. The van der Waals surface area contributed by atoms with E-state index in [0.717, 1.165) is 0 Å². The summed E-state index contributed by atoms with van der Waals surface area (Å²) in [4.78, 5) is 12.1. The van der Waals surface area contributed by atoms with Crippen LogP contribution in [-0.4, -0.2) is 5.78 Å². The summed E-state index contributed by atoms with van der Waals surface area (Å²) in [7, 11) is 0. The SMILES string of the molecule is CC(C)C(=O)[C@@H]1[C@@H](c2ccccc2)C1(C)C. The van der Waals surface area contributed by atoms with Crippen LogP contribution in [0.4, 0.5) is 0 Å². The fraction of sp³-hybridized carbons (Fsp3) is 0.533. The van der Waals surface area contributed by atoms with Crippen molar-refractivity contribution >= 4 is 5.78 Å². The third-order valence-corrected chi connectivity index (χ3v) is 3.86. The van der Waals surface area contributed by atoms with E-state index in [4.69, 9.17) is 0 Å². The van der Waals surface area contributed by atoms with E-state index in [-0.39, 0.29) is 17.3 Å². The Kier molecular flexibility index (Phi) is 2.65. The van der Waals surface area contributed by atoms with Gasteiger partial charge < -0.3 is 0 Å². The van der Waals surface area contributed by atoms with Crippen LogP contribution < -0.4 is 0 Å². The first kappa shape index (κ1) is 11.4. The van der Waals surface area contributed by atoms with Crippen LogP contribution in [0.25, 0.3) is 0 Å². The number of carbonyl (C=O) groups excluding carboxylic acids is 1. The molecule has 1 heteroatoms. The molecular formula is C15H20O. The molecule has 0 spiro atoms. The second-order valence-electron chi connectivity index (χ2n) is 5.74. The molecule has 1 aromatic carbocycles. The predicted molar refractivity (Wildman–Crippen MR) is 66.3 cm³/mol. The average molecular weight is 216 g/mol. The maximum Gasteiger partial charge on any atom is 0.139 e. The summed E-state index contributed by atoms with van der Waals surface area (Å²) >= 11 is 0. The van der Waals surface area contributed by atoms with Gasteiger partial charge in [-0.3, -0.25) is 4.79 Å². The van der Waals surface area contributed by atoms with Crippen molar-refractivity contribution in [1.29, 1.82) is 0 Å². The lowest BCUT2D eigenvalue weighted by molar-refractivity contribution is -0.123. The molecule has 86 valence electrons. The van der Waals surface area contributed by atoms with Crippen molar-refractivity contribution in [3.8, 4) is 0 Å². The van der Waals surface area contributed by atoms with E-state index in [0.29, 0.717) is 11.7 Å². The van der Waals surface area contributed by atoms with Gasteiger partial charge in [-0.2, -0.15) is 0 Å². The Morgan fingerprint density at radius 3 is 2.25 bits per heavy atom. The summed E-state index contributed by atoms with van der Waals surface area (Å²) in [5.41, 5.74) is 1.45. The third kappa shape index (κ3) is 1.68. The Morgan fingerprint density at radius 2 is 1.75 bits per heavy atom. The molecule has 0 aliphatic heterocycles. The van der Waals surface area contributed by atoms with E-state index in [2.05, 4.69) is 38.1 Å². The number of benzene rings is 1. The van der Waals surface area contributed by atoms with Gasteiger partial charge in [0, 0.05) is 11.8 Å². The summed E-state index contributed by atoms with van der Waals surface area (Å²) < 4.78 is 0. The lowest BCUT2D eigenvalue weighted by Gasteiger charge is -2.04. The standard InChI is InChI=1S/C15H20O/c1-10(2)14(16)13-12(15(13,3)4)11-8-6-5-7-9-11/h5-10,12-13H,1-4H3/t12-,13+/m1/s1. The third-order valence-electron chi connectivity index (χ3n) is 3.86. The quantitative estimate of drug-likeness (QED) is 0.753. The molecule has 0 radical (unpaired) electrons. The molecule has 1 aliphatic carbocycles. The minimum atomic E-state index is 0.142. The topological polar surface area (TPSA) is 17.1 Å². The summed E-state index contributed by atoms with van der Waals surface area (Å²) in [5.74, 6) is 1.20. The van der Waals surface area contributed by atoms with Gasteiger partial charge in [0.1, 0.15) is 5.78 Å². The van der Waals surface area contributed by atoms with Crippen LogP contribution in [0.15, 0.2) is 30.3 Å². The molecule has 0 bridgehead atoms. The van der Waals surface area contributed by atoms with Crippen LogP contribution >= 0.6 is 0 Å².